The van der Waals surface area contributed by atoms with Gasteiger partial charge in [0.25, 0.3) is 0 Å². The second-order valence-corrected chi connectivity index (χ2v) is 6.90. The lowest BCUT2D eigenvalue weighted by atomic mass is 10.3. The van der Waals surface area contributed by atoms with Crippen molar-refractivity contribution in [3.63, 3.8) is 0 Å². The van der Waals surface area contributed by atoms with E-state index in [0.717, 1.165) is 17.8 Å². The van der Waals surface area contributed by atoms with Crippen LogP contribution in [0.25, 0.3) is 11.2 Å². The van der Waals surface area contributed by atoms with Gasteiger partial charge in [-0.15, -0.1) is 0 Å². The summed E-state index contributed by atoms with van der Waals surface area (Å²) in [6.07, 6.45) is 1.47. The minimum Gasteiger partial charge on any atom is -0.331 e. The van der Waals surface area contributed by atoms with Crippen LogP contribution < -0.4 is 5.32 Å². The zero-order chi connectivity index (χ0) is 17.3. The van der Waals surface area contributed by atoms with E-state index in [0.29, 0.717) is 27.4 Å². The van der Waals surface area contributed by atoms with Crippen LogP contribution in [0.4, 0.5) is 14.5 Å². The van der Waals surface area contributed by atoms with Crippen molar-refractivity contribution < 1.29 is 13.6 Å². The van der Waals surface area contributed by atoms with E-state index >= 15 is 0 Å². The van der Waals surface area contributed by atoms with Gasteiger partial charge in [-0.1, -0.05) is 23.4 Å². The second kappa shape index (κ2) is 7.04. The van der Waals surface area contributed by atoms with Crippen LogP contribution in [0.2, 0.25) is 5.02 Å². The number of halogens is 4. The molecule has 1 aromatic carbocycles. The van der Waals surface area contributed by atoms with Gasteiger partial charge in [-0.2, -0.15) is 0 Å². The van der Waals surface area contributed by atoms with Crippen molar-refractivity contribution in [3.05, 3.63) is 45.5 Å². The van der Waals surface area contributed by atoms with E-state index in [2.05, 4.69) is 36.2 Å². The number of carbonyl (C=O) groups is 1. The number of hydrogen-bond donors (Lipinski definition) is 2. The van der Waals surface area contributed by atoms with Crippen LogP contribution in [0.15, 0.2) is 34.0 Å². The van der Waals surface area contributed by atoms with Gasteiger partial charge in [0.05, 0.1) is 22.0 Å². The Morgan fingerprint density at radius 2 is 2.17 bits per heavy atom. The van der Waals surface area contributed by atoms with Crippen LogP contribution in [0.5, 0.6) is 0 Å². The van der Waals surface area contributed by atoms with Gasteiger partial charge in [-0.25, -0.2) is 18.7 Å². The van der Waals surface area contributed by atoms with Crippen molar-refractivity contribution in [3.8, 4) is 0 Å². The number of carbonyl (C=O) groups excluding carboxylic acids is 1. The number of nitrogens with zero attached hydrogens (tertiary/aromatic N) is 2. The predicted octanol–water partition coefficient (Wildman–Crippen LogP) is 4.38. The van der Waals surface area contributed by atoms with E-state index in [1.54, 1.807) is 6.07 Å². The number of pyridine rings is 1. The number of aromatic amines is 1. The summed E-state index contributed by atoms with van der Waals surface area (Å²) in [6.45, 7) is 0. The van der Waals surface area contributed by atoms with Gasteiger partial charge in [0.2, 0.25) is 5.91 Å². The zero-order valence-electron chi connectivity index (χ0n) is 11.7. The summed E-state index contributed by atoms with van der Waals surface area (Å²) in [6, 6.07) is 3.44. The summed E-state index contributed by atoms with van der Waals surface area (Å²) >= 11 is 9.97. The van der Waals surface area contributed by atoms with E-state index in [1.807, 2.05) is 0 Å². The molecule has 0 fully saturated rings. The number of hydrogen-bond acceptors (Lipinski definition) is 4. The first-order valence-electron chi connectivity index (χ1n) is 6.51. The fraction of sp³-hybridized carbons (Fsp3) is 0.0714. The van der Waals surface area contributed by atoms with Crippen molar-refractivity contribution in [2.24, 2.45) is 0 Å². The molecule has 0 atom stereocenters. The minimum atomic E-state index is -0.859. The molecule has 10 heteroatoms. The summed E-state index contributed by atoms with van der Waals surface area (Å²) in [5.41, 5.74) is 1.02. The standard InChI is InChI=1S/C14H8BrClF2N4OS/c15-8-2-7(17)3-9(18)12(8)21-11(23)5-24-14-20-10-1-6(16)4-19-13(10)22-14/h1-4H,5H2,(H,21,23)(H,19,20,22). The maximum Gasteiger partial charge on any atom is 0.234 e. The summed E-state index contributed by atoms with van der Waals surface area (Å²) < 4.78 is 26.8. The smallest absolute Gasteiger partial charge is 0.234 e. The fourth-order valence-corrected chi connectivity index (χ4v) is 3.23. The second-order valence-electron chi connectivity index (χ2n) is 4.65. The monoisotopic (exact) mass is 432 g/mol. The summed E-state index contributed by atoms with van der Waals surface area (Å²) in [4.78, 5) is 23.2. The lowest BCUT2D eigenvalue weighted by Crippen LogP contribution is -2.15. The molecule has 3 rings (SSSR count). The predicted molar refractivity (Wildman–Crippen MR) is 92.3 cm³/mol. The van der Waals surface area contributed by atoms with Crippen LogP contribution in [0.3, 0.4) is 0 Å². The Labute approximate surface area is 152 Å². The lowest BCUT2D eigenvalue weighted by molar-refractivity contribution is -0.113. The Morgan fingerprint density at radius 1 is 1.38 bits per heavy atom. The maximum absolute atomic E-state index is 13.7. The van der Waals surface area contributed by atoms with E-state index < -0.39 is 17.5 Å². The van der Waals surface area contributed by atoms with E-state index in [4.69, 9.17) is 11.6 Å². The third kappa shape index (κ3) is 3.85. The molecule has 0 radical (unpaired) electrons. The Bertz CT molecular complexity index is 913. The number of rotatable bonds is 4. The topological polar surface area (TPSA) is 70.7 Å². The normalized spacial score (nSPS) is 11.0. The molecule has 0 unspecified atom stereocenters. The highest BCUT2D eigenvalue weighted by Crippen LogP contribution is 2.27. The molecule has 2 heterocycles. The number of thioether (sulfide) groups is 1. The Morgan fingerprint density at radius 3 is 2.92 bits per heavy atom. The Kier molecular flexibility index (Phi) is 5.02. The Hall–Kier alpha value is -1.71. The molecule has 0 saturated heterocycles. The summed E-state index contributed by atoms with van der Waals surface area (Å²) in [7, 11) is 0. The first-order chi connectivity index (χ1) is 11.4. The van der Waals surface area contributed by atoms with Gasteiger partial charge < -0.3 is 10.3 Å². The molecule has 0 bridgehead atoms. The molecule has 1 amide bonds. The number of H-pyrrole nitrogens is 1. The number of amides is 1. The molecule has 0 spiro atoms. The van der Waals surface area contributed by atoms with Crippen molar-refractivity contribution in [2.75, 3.05) is 11.1 Å². The number of fused-ring (bicyclic) bond motifs is 1. The molecular weight excluding hydrogens is 426 g/mol. The third-order valence-electron chi connectivity index (χ3n) is 2.89. The van der Waals surface area contributed by atoms with Gasteiger partial charge in [-0.05, 0) is 28.1 Å². The highest BCUT2D eigenvalue weighted by atomic mass is 79.9. The van der Waals surface area contributed by atoms with Crippen molar-refractivity contribution >= 4 is 62.1 Å². The number of benzene rings is 1. The fourth-order valence-electron chi connectivity index (χ4n) is 1.89. The highest BCUT2D eigenvalue weighted by molar-refractivity contribution is 9.10. The van der Waals surface area contributed by atoms with E-state index in [1.165, 1.54) is 6.20 Å². The molecular formula is C14H8BrClF2N4OS. The van der Waals surface area contributed by atoms with Crippen LogP contribution >= 0.6 is 39.3 Å². The SMILES string of the molecule is O=C(CSc1nc2ncc(Cl)cc2[nH]1)Nc1c(F)cc(F)cc1Br. The molecule has 3 aromatic rings. The average molecular weight is 434 g/mol. The molecule has 0 aliphatic carbocycles. The van der Waals surface area contributed by atoms with Crippen molar-refractivity contribution in [2.45, 2.75) is 5.16 Å². The molecule has 0 saturated carbocycles. The van der Waals surface area contributed by atoms with Gasteiger partial charge in [-0.3, -0.25) is 4.79 Å². The number of aromatic nitrogens is 3. The van der Waals surface area contributed by atoms with Crippen LogP contribution in [-0.4, -0.2) is 26.6 Å². The molecule has 24 heavy (non-hydrogen) atoms. The molecule has 2 aromatic heterocycles. The summed E-state index contributed by atoms with van der Waals surface area (Å²) in [5.74, 6) is -2.07. The average Bonchev–Trinajstić information content (AvgIpc) is 2.90. The first-order valence-corrected chi connectivity index (χ1v) is 8.66. The quantitative estimate of drug-likeness (QED) is 0.599. The number of nitrogens with one attached hydrogen (secondary N) is 2. The van der Waals surface area contributed by atoms with Gasteiger partial charge in [0, 0.05) is 16.7 Å². The minimum absolute atomic E-state index is 0.0171. The van der Waals surface area contributed by atoms with Gasteiger partial charge in [0.1, 0.15) is 5.82 Å². The van der Waals surface area contributed by atoms with E-state index in [9.17, 15) is 13.6 Å². The highest BCUT2D eigenvalue weighted by Gasteiger charge is 2.14. The first kappa shape index (κ1) is 17.1. The lowest BCUT2D eigenvalue weighted by Gasteiger charge is -2.08. The molecule has 0 aliphatic rings. The summed E-state index contributed by atoms with van der Waals surface area (Å²) in [5, 5.41) is 3.34. The largest absolute Gasteiger partial charge is 0.331 e. The van der Waals surface area contributed by atoms with Gasteiger partial charge in [0.15, 0.2) is 16.6 Å². The van der Waals surface area contributed by atoms with E-state index in [-0.39, 0.29) is 15.9 Å². The molecule has 0 aliphatic heterocycles. The third-order valence-corrected chi connectivity index (χ3v) is 4.60. The Balaban J connectivity index is 1.67. The molecule has 2 N–H and O–H groups in total. The van der Waals surface area contributed by atoms with Crippen LogP contribution in [-0.2, 0) is 4.79 Å². The van der Waals surface area contributed by atoms with Crippen molar-refractivity contribution in [1.82, 2.24) is 15.0 Å². The maximum atomic E-state index is 13.7. The van der Waals surface area contributed by atoms with Crippen LogP contribution in [0.1, 0.15) is 0 Å². The number of anilines is 1. The zero-order valence-corrected chi connectivity index (χ0v) is 14.9. The molecule has 124 valence electrons. The molecule has 5 nitrogen and oxygen atoms in total. The van der Waals surface area contributed by atoms with Crippen molar-refractivity contribution in [1.29, 1.82) is 0 Å². The number of imidazole rings is 1. The van der Waals surface area contributed by atoms with Gasteiger partial charge >= 0.3 is 0 Å². The van der Waals surface area contributed by atoms with Crippen LogP contribution in [0, 0.1) is 11.6 Å².